The number of halogens is 2. The zero-order chi connectivity index (χ0) is 12.8. The summed E-state index contributed by atoms with van der Waals surface area (Å²) in [7, 11) is 0. The van der Waals surface area contributed by atoms with E-state index in [1.165, 1.54) is 4.90 Å². The zero-order valence-corrected chi connectivity index (χ0v) is 13.6. The van der Waals surface area contributed by atoms with Gasteiger partial charge in [-0.25, -0.2) is 4.98 Å². The molecule has 0 saturated heterocycles. The Morgan fingerprint density at radius 1 is 1.17 bits per heavy atom. The van der Waals surface area contributed by atoms with Gasteiger partial charge in [-0.3, -0.25) is 0 Å². The van der Waals surface area contributed by atoms with Gasteiger partial charge in [0, 0.05) is 27.9 Å². The van der Waals surface area contributed by atoms with Gasteiger partial charge in [-0.15, -0.1) is 11.8 Å². The first-order chi connectivity index (χ1) is 8.75. The third-order valence-electron chi connectivity index (χ3n) is 2.21. The molecule has 0 unspecified atom stereocenters. The number of nitrogens with one attached hydrogen (secondary N) is 1. The lowest BCUT2D eigenvalue weighted by Crippen LogP contribution is -2.06. The van der Waals surface area contributed by atoms with Gasteiger partial charge in [0.2, 0.25) is 0 Å². The SMILES string of the molecule is Brc1cnc(NCCSc2ccccc2)c(Br)c1. The van der Waals surface area contributed by atoms with Crippen molar-refractivity contribution >= 4 is 49.4 Å². The Kier molecular flexibility index (Phi) is 5.53. The van der Waals surface area contributed by atoms with Crippen molar-refractivity contribution in [1.29, 1.82) is 0 Å². The molecule has 1 aromatic heterocycles. The number of benzene rings is 1. The lowest BCUT2D eigenvalue weighted by molar-refractivity contribution is 1.15. The maximum Gasteiger partial charge on any atom is 0.140 e. The molecule has 5 heteroatoms. The second-order valence-corrected chi connectivity index (χ2v) is 6.51. The number of hydrogen-bond donors (Lipinski definition) is 1. The van der Waals surface area contributed by atoms with Gasteiger partial charge in [-0.05, 0) is 50.1 Å². The summed E-state index contributed by atoms with van der Waals surface area (Å²) in [6, 6.07) is 12.4. The average Bonchev–Trinajstić information content (AvgIpc) is 2.38. The lowest BCUT2D eigenvalue weighted by Gasteiger charge is -2.07. The van der Waals surface area contributed by atoms with Gasteiger partial charge >= 0.3 is 0 Å². The van der Waals surface area contributed by atoms with E-state index in [4.69, 9.17) is 0 Å². The fourth-order valence-corrected chi connectivity index (χ4v) is 3.32. The highest BCUT2D eigenvalue weighted by atomic mass is 79.9. The smallest absolute Gasteiger partial charge is 0.140 e. The Labute approximate surface area is 128 Å². The summed E-state index contributed by atoms with van der Waals surface area (Å²) >= 11 is 8.70. The van der Waals surface area contributed by atoms with Crippen LogP contribution >= 0.6 is 43.6 Å². The Hall–Kier alpha value is -0.520. The van der Waals surface area contributed by atoms with Crippen LogP contribution in [0.15, 0.2) is 56.4 Å². The summed E-state index contributed by atoms with van der Waals surface area (Å²) in [5.74, 6) is 1.89. The van der Waals surface area contributed by atoms with Crippen molar-refractivity contribution in [2.24, 2.45) is 0 Å². The summed E-state index contributed by atoms with van der Waals surface area (Å²) in [5.41, 5.74) is 0. The van der Waals surface area contributed by atoms with E-state index in [-0.39, 0.29) is 0 Å². The van der Waals surface area contributed by atoms with Crippen molar-refractivity contribution in [2.45, 2.75) is 4.90 Å². The van der Waals surface area contributed by atoms with Crippen LogP contribution in [0.3, 0.4) is 0 Å². The predicted octanol–water partition coefficient (Wildman–Crippen LogP) is 4.81. The fourth-order valence-electron chi connectivity index (χ4n) is 1.40. The molecule has 1 heterocycles. The quantitative estimate of drug-likeness (QED) is 0.588. The standard InChI is InChI=1S/C13H12Br2N2S/c14-10-8-12(15)13(17-9-10)16-6-7-18-11-4-2-1-3-5-11/h1-5,8-9H,6-7H2,(H,16,17). The Morgan fingerprint density at radius 3 is 2.67 bits per heavy atom. The van der Waals surface area contributed by atoms with Gasteiger partial charge in [0.1, 0.15) is 5.82 Å². The number of hydrogen-bond acceptors (Lipinski definition) is 3. The molecule has 0 saturated carbocycles. The zero-order valence-electron chi connectivity index (χ0n) is 9.57. The number of anilines is 1. The third-order valence-corrected chi connectivity index (χ3v) is 4.27. The molecule has 0 fully saturated rings. The summed E-state index contributed by atoms with van der Waals surface area (Å²) in [6.07, 6.45) is 1.79. The monoisotopic (exact) mass is 386 g/mol. The van der Waals surface area contributed by atoms with Crippen molar-refractivity contribution in [3.8, 4) is 0 Å². The molecular weight excluding hydrogens is 376 g/mol. The molecule has 2 rings (SSSR count). The molecule has 0 aliphatic carbocycles. The molecule has 0 spiro atoms. The van der Waals surface area contributed by atoms with Crippen LogP contribution in [-0.4, -0.2) is 17.3 Å². The van der Waals surface area contributed by atoms with E-state index in [2.05, 4.69) is 66.4 Å². The van der Waals surface area contributed by atoms with Crippen LogP contribution in [0.25, 0.3) is 0 Å². The van der Waals surface area contributed by atoms with Crippen LogP contribution < -0.4 is 5.32 Å². The molecule has 1 N–H and O–H groups in total. The normalized spacial score (nSPS) is 10.3. The molecule has 2 nitrogen and oxygen atoms in total. The second-order valence-electron chi connectivity index (χ2n) is 3.57. The average molecular weight is 388 g/mol. The molecule has 18 heavy (non-hydrogen) atoms. The predicted molar refractivity (Wildman–Crippen MR) is 85.3 cm³/mol. The lowest BCUT2D eigenvalue weighted by atomic mass is 10.4. The van der Waals surface area contributed by atoms with Gasteiger partial charge in [-0.1, -0.05) is 18.2 Å². The van der Waals surface area contributed by atoms with Gasteiger partial charge in [-0.2, -0.15) is 0 Å². The molecule has 0 amide bonds. The minimum absolute atomic E-state index is 0.881. The molecule has 0 aliphatic heterocycles. The van der Waals surface area contributed by atoms with E-state index in [9.17, 15) is 0 Å². The topological polar surface area (TPSA) is 24.9 Å². The van der Waals surface area contributed by atoms with Crippen molar-refractivity contribution in [2.75, 3.05) is 17.6 Å². The Balaban J connectivity index is 1.79. The molecule has 1 aromatic carbocycles. The van der Waals surface area contributed by atoms with Gasteiger partial charge < -0.3 is 5.32 Å². The van der Waals surface area contributed by atoms with Crippen molar-refractivity contribution in [3.63, 3.8) is 0 Å². The van der Waals surface area contributed by atoms with Crippen molar-refractivity contribution in [1.82, 2.24) is 4.98 Å². The molecule has 2 aromatic rings. The number of nitrogens with zero attached hydrogens (tertiary/aromatic N) is 1. The van der Waals surface area contributed by atoms with Crippen LogP contribution in [0, 0.1) is 0 Å². The first-order valence-corrected chi connectivity index (χ1v) is 8.05. The number of pyridine rings is 1. The van der Waals surface area contributed by atoms with Crippen molar-refractivity contribution in [3.05, 3.63) is 51.5 Å². The van der Waals surface area contributed by atoms with E-state index in [0.717, 1.165) is 27.1 Å². The highest BCUT2D eigenvalue weighted by Gasteiger charge is 2.01. The summed E-state index contributed by atoms with van der Waals surface area (Å²) in [5, 5.41) is 3.31. The van der Waals surface area contributed by atoms with Crippen LogP contribution in [0.1, 0.15) is 0 Å². The van der Waals surface area contributed by atoms with Gasteiger partial charge in [0.05, 0.1) is 4.47 Å². The number of aromatic nitrogens is 1. The van der Waals surface area contributed by atoms with E-state index >= 15 is 0 Å². The molecule has 0 aliphatic rings. The first-order valence-electron chi connectivity index (χ1n) is 5.48. The van der Waals surface area contributed by atoms with E-state index < -0.39 is 0 Å². The Bertz CT molecular complexity index is 506. The molecule has 0 radical (unpaired) electrons. The maximum atomic E-state index is 4.31. The fraction of sp³-hybridized carbons (Fsp3) is 0.154. The first kappa shape index (κ1) is 13.9. The summed E-state index contributed by atoms with van der Waals surface area (Å²) < 4.78 is 1.94. The third kappa shape index (κ3) is 4.30. The van der Waals surface area contributed by atoms with E-state index in [1.807, 2.05) is 23.9 Å². The molecule has 94 valence electrons. The van der Waals surface area contributed by atoms with Crippen LogP contribution in [-0.2, 0) is 0 Å². The molecule has 0 bridgehead atoms. The molecular formula is C13H12Br2N2S. The van der Waals surface area contributed by atoms with Crippen LogP contribution in [0.5, 0.6) is 0 Å². The Morgan fingerprint density at radius 2 is 1.94 bits per heavy atom. The largest absolute Gasteiger partial charge is 0.368 e. The second kappa shape index (κ2) is 7.16. The highest BCUT2D eigenvalue weighted by molar-refractivity contribution is 9.11. The number of thioether (sulfide) groups is 1. The van der Waals surface area contributed by atoms with Gasteiger partial charge in [0.25, 0.3) is 0 Å². The minimum Gasteiger partial charge on any atom is -0.368 e. The van der Waals surface area contributed by atoms with Gasteiger partial charge in [0.15, 0.2) is 0 Å². The summed E-state index contributed by atoms with van der Waals surface area (Å²) in [6.45, 7) is 0.882. The van der Waals surface area contributed by atoms with Crippen LogP contribution in [0.2, 0.25) is 0 Å². The maximum absolute atomic E-state index is 4.31. The minimum atomic E-state index is 0.881. The summed E-state index contributed by atoms with van der Waals surface area (Å²) in [4.78, 5) is 5.60. The van der Waals surface area contributed by atoms with Crippen molar-refractivity contribution < 1.29 is 0 Å². The molecule has 0 atom stereocenters. The number of rotatable bonds is 5. The van der Waals surface area contributed by atoms with Crippen LogP contribution in [0.4, 0.5) is 5.82 Å². The van der Waals surface area contributed by atoms with E-state index in [1.54, 1.807) is 6.20 Å². The highest BCUT2D eigenvalue weighted by Crippen LogP contribution is 2.23. The van der Waals surface area contributed by atoms with E-state index in [0.29, 0.717) is 0 Å².